The van der Waals surface area contributed by atoms with Gasteiger partial charge in [-0.15, -0.1) is 0 Å². The number of aliphatic hydroxyl groups is 1. The molecule has 1 aromatic rings. The fourth-order valence-corrected chi connectivity index (χ4v) is 1.27. The normalized spacial score (nSPS) is 13.4. The second-order valence-electron chi connectivity index (χ2n) is 3.24. The van der Waals surface area contributed by atoms with E-state index in [0.29, 0.717) is 5.02 Å². The van der Waals surface area contributed by atoms with Gasteiger partial charge in [-0.2, -0.15) is 0 Å². The molecule has 0 saturated heterocycles. The molecular formula is C10H13ClO. The van der Waals surface area contributed by atoms with Gasteiger partial charge >= 0.3 is 0 Å². The summed E-state index contributed by atoms with van der Waals surface area (Å²) in [5.74, 6) is 0.225. The molecule has 0 saturated carbocycles. The van der Waals surface area contributed by atoms with Crippen molar-refractivity contribution in [1.29, 1.82) is 0 Å². The maximum Gasteiger partial charge on any atom is 0.0813 e. The standard InChI is InChI=1S/C10H13ClO/c1-7(2)10(12)8-4-3-5-9(11)6-8/h3-7,10,12H,1-2H3/t10-/m0/s1. The highest BCUT2D eigenvalue weighted by atomic mass is 35.5. The van der Waals surface area contributed by atoms with Gasteiger partial charge in [0.1, 0.15) is 0 Å². The minimum atomic E-state index is -0.413. The summed E-state index contributed by atoms with van der Waals surface area (Å²) >= 11 is 5.78. The third-order valence-corrected chi connectivity index (χ3v) is 2.06. The first-order valence-electron chi connectivity index (χ1n) is 4.05. The van der Waals surface area contributed by atoms with Gasteiger partial charge in [0.25, 0.3) is 0 Å². The number of hydrogen-bond donors (Lipinski definition) is 1. The Bertz CT molecular complexity index is 258. The molecule has 1 rings (SSSR count). The van der Waals surface area contributed by atoms with E-state index in [1.54, 1.807) is 12.1 Å². The second-order valence-corrected chi connectivity index (χ2v) is 3.68. The lowest BCUT2D eigenvalue weighted by Gasteiger charge is -2.14. The van der Waals surface area contributed by atoms with Crippen LogP contribution < -0.4 is 0 Å². The van der Waals surface area contributed by atoms with Gasteiger partial charge in [-0.1, -0.05) is 37.6 Å². The van der Waals surface area contributed by atoms with E-state index >= 15 is 0 Å². The van der Waals surface area contributed by atoms with E-state index in [1.165, 1.54) is 0 Å². The fourth-order valence-electron chi connectivity index (χ4n) is 1.08. The Morgan fingerprint density at radius 3 is 2.50 bits per heavy atom. The van der Waals surface area contributed by atoms with Crippen molar-refractivity contribution < 1.29 is 5.11 Å². The van der Waals surface area contributed by atoms with Crippen LogP contribution in [0.2, 0.25) is 5.02 Å². The first-order valence-corrected chi connectivity index (χ1v) is 4.42. The minimum absolute atomic E-state index is 0.225. The molecule has 0 radical (unpaired) electrons. The molecule has 0 bridgehead atoms. The molecule has 0 aliphatic rings. The van der Waals surface area contributed by atoms with E-state index in [-0.39, 0.29) is 5.92 Å². The van der Waals surface area contributed by atoms with Crippen LogP contribution in [0.25, 0.3) is 0 Å². The van der Waals surface area contributed by atoms with Gasteiger partial charge in [-0.25, -0.2) is 0 Å². The summed E-state index contributed by atoms with van der Waals surface area (Å²) < 4.78 is 0. The number of hydrogen-bond acceptors (Lipinski definition) is 1. The van der Waals surface area contributed by atoms with Gasteiger partial charge in [0.05, 0.1) is 6.10 Å². The lowest BCUT2D eigenvalue weighted by Crippen LogP contribution is -2.04. The van der Waals surface area contributed by atoms with E-state index in [1.807, 2.05) is 26.0 Å². The summed E-state index contributed by atoms with van der Waals surface area (Å²) in [6.45, 7) is 3.96. The summed E-state index contributed by atoms with van der Waals surface area (Å²) in [7, 11) is 0. The lowest BCUT2D eigenvalue weighted by atomic mass is 9.99. The third-order valence-electron chi connectivity index (χ3n) is 1.82. The van der Waals surface area contributed by atoms with E-state index in [9.17, 15) is 5.11 Å². The topological polar surface area (TPSA) is 20.2 Å². The zero-order chi connectivity index (χ0) is 9.14. The predicted molar refractivity (Wildman–Crippen MR) is 51.2 cm³/mol. The molecule has 2 heteroatoms. The van der Waals surface area contributed by atoms with Crippen molar-refractivity contribution in [2.24, 2.45) is 5.92 Å². The molecule has 0 amide bonds. The summed E-state index contributed by atoms with van der Waals surface area (Å²) in [4.78, 5) is 0. The Hall–Kier alpha value is -0.530. The molecule has 66 valence electrons. The zero-order valence-electron chi connectivity index (χ0n) is 7.29. The molecule has 0 aromatic heterocycles. The fraction of sp³-hybridized carbons (Fsp3) is 0.400. The Morgan fingerprint density at radius 1 is 1.33 bits per heavy atom. The average Bonchev–Trinajstić information content (AvgIpc) is 2.03. The van der Waals surface area contributed by atoms with Crippen LogP contribution in [0.15, 0.2) is 24.3 Å². The average molecular weight is 185 g/mol. The smallest absolute Gasteiger partial charge is 0.0813 e. The third kappa shape index (κ3) is 2.23. The SMILES string of the molecule is CC(C)[C@H](O)c1cccc(Cl)c1. The van der Waals surface area contributed by atoms with Crippen molar-refractivity contribution >= 4 is 11.6 Å². The first kappa shape index (κ1) is 9.56. The maximum absolute atomic E-state index is 9.66. The molecule has 0 fully saturated rings. The molecule has 1 atom stereocenters. The molecule has 0 aliphatic heterocycles. The van der Waals surface area contributed by atoms with Crippen LogP contribution in [-0.2, 0) is 0 Å². The van der Waals surface area contributed by atoms with Crippen LogP contribution >= 0.6 is 11.6 Å². The Kier molecular flexibility index (Phi) is 3.12. The number of aliphatic hydroxyl groups excluding tert-OH is 1. The highest BCUT2D eigenvalue weighted by molar-refractivity contribution is 6.30. The first-order chi connectivity index (χ1) is 5.61. The van der Waals surface area contributed by atoms with Crippen molar-refractivity contribution in [3.8, 4) is 0 Å². The van der Waals surface area contributed by atoms with Crippen molar-refractivity contribution in [1.82, 2.24) is 0 Å². The monoisotopic (exact) mass is 184 g/mol. The molecule has 0 unspecified atom stereocenters. The Balaban J connectivity index is 2.88. The number of benzene rings is 1. The van der Waals surface area contributed by atoms with Crippen molar-refractivity contribution in [2.75, 3.05) is 0 Å². The molecule has 0 heterocycles. The highest BCUT2D eigenvalue weighted by Gasteiger charge is 2.11. The van der Waals surface area contributed by atoms with Crippen molar-refractivity contribution in [3.05, 3.63) is 34.9 Å². The van der Waals surface area contributed by atoms with Crippen LogP contribution in [0, 0.1) is 5.92 Å². The molecule has 12 heavy (non-hydrogen) atoms. The molecular weight excluding hydrogens is 172 g/mol. The lowest BCUT2D eigenvalue weighted by molar-refractivity contribution is 0.127. The summed E-state index contributed by atoms with van der Waals surface area (Å²) in [5.41, 5.74) is 0.887. The Morgan fingerprint density at radius 2 is 2.00 bits per heavy atom. The predicted octanol–water partition coefficient (Wildman–Crippen LogP) is 3.03. The van der Waals surface area contributed by atoms with E-state index < -0.39 is 6.10 Å². The van der Waals surface area contributed by atoms with Gasteiger partial charge in [0.2, 0.25) is 0 Å². The van der Waals surface area contributed by atoms with Crippen LogP contribution in [0.1, 0.15) is 25.5 Å². The summed E-state index contributed by atoms with van der Waals surface area (Å²) in [6, 6.07) is 7.34. The Labute approximate surface area is 78.0 Å². The molecule has 1 nitrogen and oxygen atoms in total. The highest BCUT2D eigenvalue weighted by Crippen LogP contribution is 2.23. The quantitative estimate of drug-likeness (QED) is 0.749. The number of rotatable bonds is 2. The second kappa shape index (κ2) is 3.92. The van der Waals surface area contributed by atoms with Gasteiger partial charge in [-0.3, -0.25) is 0 Å². The molecule has 1 N–H and O–H groups in total. The van der Waals surface area contributed by atoms with Crippen LogP contribution in [0.5, 0.6) is 0 Å². The molecule has 0 aliphatic carbocycles. The van der Waals surface area contributed by atoms with Gasteiger partial charge in [0.15, 0.2) is 0 Å². The van der Waals surface area contributed by atoms with Crippen molar-refractivity contribution in [2.45, 2.75) is 20.0 Å². The summed E-state index contributed by atoms with van der Waals surface area (Å²) in [6.07, 6.45) is -0.413. The summed E-state index contributed by atoms with van der Waals surface area (Å²) in [5, 5.41) is 10.3. The van der Waals surface area contributed by atoms with Crippen LogP contribution in [0.3, 0.4) is 0 Å². The van der Waals surface area contributed by atoms with E-state index in [2.05, 4.69) is 0 Å². The van der Waals surface area contributed by atoms with Gasteiger partial charge in [-0.05, 0) is 23.6 Å². The van der Waals surface area contributed by atoms with Crippen molar-refractivity contribution in [3.63, 3.8) is 0 Å². The van der Waals surface area contributed by atoms with E-state index in [0.717, 1.165) is 5.56 Å². The van der Waals surface area contributed by atoms with E-state index in [4.69, 9.17) is 11.6 Å². The molecule has 0 spiro atoms. The minimum Gasteiger partial charge on any atom is -0.388 e. The van der Waals surface area contributed by atoms with Crippen LogP contribution in [-0.4, -0.2) is 5.11 Å². The maximum atomic E-state index is 9.66. The number of halogens is 1. The van der Waals surface area contributed by atoms with Crippen LogP contribution in [0.4, 0.5) is 0 Å². The zero-order valence-corrected chi connectivity index (χ0v) is 8.05. The molecule has 1 aromatic carbocycles. The largest absolute Gasteiger partial charge is 0.388 e. The van der Waals surface area contributed by atoms with Gasteiger partial charge in [0, 0.05) is 5.02 Å². The van der Waals surface area contributed by atoms with Gasteiger partial charge < -0.3 is 5.11 Å².